The number of nitrogens with one attached hydrogen (secondary N) is 1. The minimum absolute atomic E-state index is 0.293. The van der Waals surface area contributed by atoms with Crippen LogP contribution in [0.4, 0.5) is 0 Å². The Morgan fingerprint density at radius 2 is 2.14 bits per heavy atom. The van der Waals surface area contributed by atoms with Crippen molar-refractivity contribution in [2.24, 2.45) is 0 Å². The van der Waals surface area contributed by atoms with E-state index in [0.29, 0.717) is 18.5 Å². The molecule has 1 aromatic heterocycles. The van der Waals surface area contributed by atoms with Crippen LogP contribution in [0, 0.1) is 0 Å². The van der Waals surface area contributed by atoms with Gasteiger partial charge in [0.25, 0.3) is 0 Å². The maximum absolute atomic E-state index is 5.96. The fraction of sp³-hybridized carbons (Fsp3) is 0.353. The van der Waals surface area contributed by atoms with Crippen molar-refractivity contribution in [1.82, 2.24) is 10.3 Å². The lowest BCUT2D eigenvalue weighted by Gasteiger charge is -2.14. The summed E-state index contributed by atoms with van der Waals surface area (Å²) in [5.74, 6) is 0.637. The lowest BCUT2D eigenvalue weighted by Crippen LogP contribution is -2.19. The van der Waals surface area contributed by atoms with E-state index in [1.165, 1.54) is 5.56 Å². The Balaban J connectivity index is 1.97. The number of hydrogen-bond acceptors (Lipinski definition) is 3. The zero-order valence-electron chi connectivity index (χ0n) is 12.5. The molecule has 3 nitrogen and oxygen atoms in total. The van der Waals surface area contributed by atoms with Gasteiger partial charge in [0.1, 0.15) is 6.61 Å². The number of rotatable bonds is 7. The first-order chi connectivity index (χ1) is 10.2. The molecule has 0 saturated carbocycles. The van der Waals surface area contributed by atoms with E-state index in [4.69, 9.17) is 16.3 Å². The van der Waals surface area contributed by atoms with Crippen LogP contribution in [0.2, 0.25) is 5.02 Å². The Hall–Kier alpha value is -1.58. The lowest BCUT2D eigenvalue weighted by molar-refractivity contribution is 0.293. The first kappa shape index (κ1) is 15.8. The molecule has 0 aliphatic rings. The average Bonchev–Trinajstić information content (AvgIpc) is 2.51. The van der Waals surface area contributed by atoms with Crippen molar-refractivity contribution in [3.05, 3.63) is 58.7 Å². The SMILES string of the molecule is CCCNC(C)c1ccnc(OCc2cccc(Cl)c2)c1. The highest BCUT2D eigenvalue weighted by molar-refractivity contribution is 6.30. The zero-order chi connectivity index (χ0) is 15.1. The van der Waals surface area contributed by atoms with Crippen molar-refractivity contribution in [3.63, 3.8) is 0 Å². The van der Waals surface area contributed by atoms with Crippen LogP contribution in [-0.4, -0.2) is 11.5 Å². The molecule has 1 N–H and O–H groups in total. The van der Waals surface area contributed by atoms with Crippen LogP contribution in [0.5, 0.6) is 5.88 Å². The van der Waals surface area contributed by atoms with Gasteiger partial charge in [-0.25, -0.2) is 4.98 Å². The number of nitrogens with zero attached hydrogens (tertiary/aromatic N) is 1. The number of aromatic nitrogens is 1. The van der Waals surface area contributed by atoms with Crippen molar-refractivity contribution in [2.45, 2.75) is 32.9 Å². The summed E-state index contributed by atoms with van der Waals surface area (Å²) in [5.41, 5.74) is 2.21. The molecule has 0 amide bonds. The third-order valence-corrected chi connectivity index (χ3v) is 3.47. The van der Waals surface area contributed by atoms with Crippen molar-refractivity contribution in [3.8, 4) is 5.88 Å². The molecule has 0 aliphatic heterocycles. The van der Waals surface area contributed by atoms with Gasteiger partial charge in [-0.3, -0.25) is 0 Å². The predicted octanol–water partition coefficient (Wildman–Crippen LogP) is 4.37. The standard InChI is InChI=1S/C17H21ClN2O/c1-3-8-19-13(2)15-7-9-20-17(11-15)21-12-14-5-4-6-16(18)10-14/h4-7,9-11,13,19H,3,8,12H2,1-2H3. The molecule has 0 spiro atoms. The molecule has 0 fully saturated rings. The topological polar surface area (TPSA) is 34.2 Å². The van der Waals surface area contributed by atoms with E-state index in [2.05, 4.69) is 24.1 Å². The van der Waals surface area contributed by atoms with Crippen LogP contribution in [0.1, 0.15) is 37.4 Å². The van der Waals surface area contributed by atoms with Gasteiger partial charge in [0.15, 0.2) is 0 Å². The van der Waals surface area contributed by atoms with E-state index in [1.807, 2.05) is 36.4 Å². The van der Waals surface area contributed by atoms with Crippen LogP contribution in [0.3, 0.4) is 0 Å². The largest absolute Gasteiger partial charge is 0.473 e. The second kappa shape index (κ2) is 8.01. The average molecular weight is 305 g/mol. The summed E-state index contributed by atoms with van der Waals surface area (Å²) in [6.45, 7) is 5.77. The Kier molecular flexibility index (Phi) is 6.03. The molecule has 2 rings (SSSR count). The summed E-state index contributed by atoms with van der Waals surface area (Å²) < 4.78 is 5.74. The van der Waals surface area contributed by atoms with E-state index in [0.717, 1.165) is 23.6 Å². The van der Waals surface area contributed by atoms with Gasteiger partial charge in [0.2, 0.25) is 5.88 Å². The number of hydrogen-bond donors (Lipinski definition) is 1. The summed E-state index contributed by atoms with van der Waals surface area (Å²) in [5, 5.41) is 4.17. The maximum Gasteiger partial charge on any atom is 0.213 e. The van der Waals surface area contributed by atoms with E-state index >= 15 is 0 Å². The highest BCUT2D eigenvalue weighted by Crippen LogP contribution is 2.18. The highest BCUT2D eigenvalue weighted by Gasteiger charge is 2.06. The van der Waals surface area contributed by atoms with Gasteiger partial charge >= 0.3 is 0 Å². The minimum Gasteiger partial charge on any atom is -0.473 e. The number of benzene rings is 1. The normalized spacial score (nSPS) is 12.1. The molecular weight excluding hydrogens is 284 g/mol. The van der Waals surface area contributed by atoms with Gasteiger partial charge in [-0.05, 0) is 49.2 Å². The van der Waals surface area contributed by atoms with E-state index in [1.54, 1.807) is 6.20 Å². The lowest BCUT2D eigenvalue weighted by atomic mass is 10.1. The summed E-state index contributed by atoms with van der Waals surface area (Å²) in [7, 11) is 0. The molecule has 0 aliphatic carbocycles. The van der Waals surface area contributed by atoms with Crippen LogP contribution in [0.15, 0.2) is 42.6 Å². The first-order valence-corrected chi connectivity index (χ1v) is 7.63. The molecule has 2 aromatic rings. The molecular formula is C17H21ClN2O. The highest BCUT2D eigenvalue weighted by atomic mass is 35.5. The molecule has 1 unspecified atom stereocenters. The van der Waals surface area contributed by atoms with Crippen molar-refractivity contribution in [2.75, 3.05) is 6.54 Å². The van der Waals surface area contributed by atoms with Crippen LogP contribution in [0.25, 0.3) is 0 Å². The fourth-order valence-corrected chi connectivity index (χ4v) is 2.25. The summed E-state index contributed by atoms with van der Waals surface area (Å²) in [6, 6.07) is 11.9. The van der Waals surface area contributed by atoms with E-state index in [-0.39, 0.29) is 0 Å². The van der Waals surface area contributed by atoms with Gasteiger partial charge < -0.3 is 10.1 Å². The van der Waals surface area contributed by atoms with E-state index in [9.17, 15) is 0 Å². The third kappa shape index (κ3) is 5.03. The zero-order valence-corrected chi connectivity index (χ0v) is 13.2. The van der Waals surface area contributed by atoms with Crippen molar-refractivity contribution in [1.29, 1.82) is 0 Å². The van der Waals surface area contributed by atoms with Crippen LogP contribution >= 0.6 is 11.6 Å². The Morgan fingerprint density at radius 3 is 2.90 bits per heavy atom. The number of ether oxygens (including phenoxy) is 1. The van der Waals surface area contributed by atoms with Gasteiger partial charge in [0.05, 0.1) is 0 Å². The summed E-state index contributed by atoms with van der Waals surface area (Å²) in [4.78, 5) is 4.26. The molecule has 0 radical (unpaired) electrons. The molecule has 21 heavy (non-hydrogen) atoms. The maximum atomic E-state index is 5.96. The third-order valence-electron chi connectivity index (χ3n) is 3.24. The van der Waals surface area contributed by atoms with Crippen molar-refractivity contribution < 1.29 is 4.74 Å². The van der Waals surface area contributed by atoms with Gasteiger partial charge in [0, 0.05) is 23.3 Å². The van der Waals surface area contributed by atoms with Gasteiger partial charge in [-0.15, -0.1) is 0 Å². The molecule has 1 atom stereocenters. The second-order valence-electron chi connectivity index (χ2n) is 5.02. The van der Waals surface area contributed by atoms with Crippen LogP contribution < -0.4 is 10.1 Å². The molecule has 4 heteroatoms. The van der Waals surface area contributed by atoms with Gasteiger partial charge in [-0.1, -0.05) is 30.7 Å². The fourth-order valence-electron chi connectivity index (χ4n) is 2.04. The summed E-state index contributed by atoms with van der Waals surface area (Å²) >= 11 is 5.96. The first-order valence-electron chi connectivity index (χ1n) is 7.25. The van der Waals surface area contributed by atoms with Crippen LogP contribution in [-0.2, 0) is 6.61 Å². The second-order valence-corrected chi connectivity index (χ2v) is 5.46. The molecule has 1 aromatic carbocycles. The Bertz CT molecular complexity index is 574. The molecule has 1 heterocycles. The smallest absolute Gasteiger partial charge is 0.213 e. The number of pyridine rings is 1. The monoisotopic (exact) mass is 304 g/mol. The molecule has 0 bridgehead atoms. The number of halogens is 1. The van der Waals surface area contributed by atoms with Gasteiger partial charge in [-0.2, -0.15) is 0 Å². The predicted molar refractivity (Wildman–Crippen MR) is 86.7 cm³/mol. The summed E-state index contributed by atoms with van der Waals surface area (Å²) in [6.07, 6.45) is 2.90. The quantitative estimate of drug-likeness (QED) is 0.824. The molecule has 112 valence electrons. The minimum atomic E-state index is 0.293. The van der Waals surface area contributed by atoms with Crippen molar-refractivity contribution >= 4 is 11.6 Å². The van der Waals surface area contributed by atoms with E-state index < -0.39 is 0 Å². The molecule has 0 saturated heterocycles. The Morgan fingerprint density at radius 1 is 1.29 bits per heavy atom. The Labute approximate surface area is 131 Å².